The molecule has 184 valence electrons. The Hall–Kier alpha value is -3.16. The molecule has 1 aliphatic rings. The molecule has 3 aromatic rings. The third-order valence-corrected chi connectivity index (χ3v) is 6.56. The lowest BCUT2D eigenvalue weighted by Gasteiger charge is -2.24. The first-order valence-corrected chi connectivity index (χ1v) is 12.3. The van der Waals surface area contributed by atoms with Crippen molar-refractivity contribution in [2.75, 3.05) is 25.0 Å². The first-order chi connectivity index (χ1) is 16.8. The van der Waals surface area contributed by atoms with Gasteiger partial charge in [-0.2, -0.15) is 0 Å². The minimum atomic E-state index is -0.303. The number of carbonyl (C=O) groups is 2. The number of ether oxygens (including phenoxy) is 1. The van der Waals surface area contributed by atoms with Crippen LogP contribution in [0, 0.1) is 13.8 Å². The number of halogens is 1. The predicted octanol–water partition coefficient (Wildman–Crippen LogP) is 5.17. The Morgan fingerprint density at radius 1 is 1.17 bits per heavy atom. The zero-order valence-electron chi connectivity index (χ0n) is 20.4. The van der Waals surface area contributed by atoms with Crippen LogP contribution in [0.5, 0.6) is 0 Å². The Balaban J connectivity index is 1.61. The van der Waals surface area contributed by atoms with E-state index in [1.54, 1.807) is 11.8 Å². The van der Waals surface area contributed by atoms with Gasteiger partial charge in [0.2, 0.25) is 17.8 Å². The summed E-state index contributed by atoms with van der Waals surface area (Å²) in [7, 11) is 0. The molecule has 0 aliphatic carbocycles. The predicted molar refractivity (Wildman–Crippen MR) is 138 cm³/mol. The molecule has 1 saturated heterocycles. The molecule has 1 atom stereocenters. The molecule has 0 spiro atoms. The van der Waals surface area contributed by atoms with E-state index in [4.69, 9.17) is 21.3 Å². The van der Waals surface area contributed by atoms with Crippen molar-refractivity contribution >= 4 is 29.4 Å². The Labute approximate surface area is 211 Å². The molecule has 8 heteroatoms. The van der Waals surface area contributed by atoms with Gasteiger partial charge < -0.3 is 9.64 Å². The molecule has 1 N–H and O–H groups in total. The number of rotatable bonds is 8. The first kappa shape index (κ1) is 24.9. The molecule has 1 aliphatic heterocycles. The van der Waals surface area contributed by atoms with Crippen molar-refractivity contribution < 1.29 is 14.3 Å². The van der Waals surface area contributed by atoms with E-state index in [0.717, 1.165) is 29.7 Å². The third-order valence-electron chi connectivity index (χ3n) is 6.30. The van der Waals surface area contributed by atoms with Gasteiger partial charge in [0.05, 0.1) is 11.8 Å². The highest BCUT2D eigenvalue weighted by Crippen LogP contribution is 2.26. The lowest BCUT2D eigenvalue weighted by atomic mass is 10.1. The average molecular weight is 495 g/mol. The van der Waals surface area contributed by atoms with Gasteiger partial charge in [-0.25, -0.2) is 4.98 Å². The highest BCUT2D eigenvalue weighted by atomic mass is 35.5. The fourth-order valence-electron chi connectivity index (χ4n) is 4.15. The van der Waals surface area contributed by atoms with Crippen LogP contribution in [0.1, 0.15) is 37.3 Å². The number of benzene rings is 2. The van der Waals surface area contributed by atoms with Crippen LogP contribution in [0.2, 0.25) is 5.02 Å². The zero-order chi connectivity index (χ0) is 24.9. The number of imidazole rings is 1. The highest BCUT2D eigenvalue weighted by molar-refractivity contribution is 6.30. The minimum Gasteiger partial charge on any atom is -0.376 e. The number of nitrogens with one attached hydrogen (secondary N) is 1. The summed E-state index contributed by atoms with van der Waals surface area (Å²) in [6, 6.07) is 13.5. The molecule has 0 saturated carbocycles. The van der Waals surface area contributed by atoms with Gasteiger partial charge in [-0.3, -0.25) is 19.5 Å². The quantitative estimate of drug-likeness (QED) is 0.469. The zero-order valence-corrected chi connectivity index (χ0v) is 21.1. The van der Waals surface area contributed by atoms with E-state index in [-0.39, 0.29) is 24.5 Å². The van der Waals surface area contributed by atoms with E-state index < -0.39 is 0 Å². The second-order valence-electron chi connectivity index (χ2n) is 8.91. The molecular weight excluding hydrogens is 464 g/mol. The Morgan fingerprint density at radius 3 is 2.60 bits per heavy atom. The Morgan fingerprint density at radius 2 is 1.94 bits per heavy atom. The van der Waals surface area contributed by atoms with Gasteiger partial charge in [-0.05, 0) is 62.1 Å². The summed E-state index contributed by atoms with van der Waals surface area (Å²) in [5, 5.41) is 3.57. The highest BCUT2D eigenvalue weighted by Gasteiger charge is 2.24. The van der Waals surface area contributed by atoms with Crippen molar-refractivity contribution in [3.63, 3.8) is 0 Å². The van der Waals surface area contributed by atoms with E-state index in [1.165, 1.54) is 5.56 Å². The maximum atomic E-state index is 13.1. The van der Waals surface area contributed by atoms with Gasteiger partial charge in [0.15, 0.2) is 0 Å². The van der Waals surface area contributed by atoms with Gasteiger partial charge in [-0.15, -0.1) is 0 Å². The maximum absolute atomic E-state index is 13.1. The fraction of sp³-hybridized carbons (Fsp3) is 0.370. The largest absolute Gasteiger partial charge is 0.376 e. The van der Waals surface area contributed by atoms with Crippen molar-refractivity contribution in [2.24, 2.45) is 0 Å². The molecule has 1 aromatic heterocycles. The number of carbonyl (C=O) groups excluding carboxylic acids is 2. The summed E-state index contributed by atoms with van der Waals surface area (Å²) >= 11 is 6.06. The first-order valence-electron chi connectivity index (χ1n) is 12.0. The van der Waals surface area contributed by atoms with Gasteiger partial charge >= 0.3 is 0 Å². The number of hydrogen-bond donors (Lipinski definition) is 1. The maximum Gasteiger partial charge on any atom is 0.246 e. The lowest BCUT2D eigenvalue weighted by molar-refractivity contribution is -0.135. The van der Waals surface area contributed by atoms with Gasteiger partial charge in [0.25, 0.3) is 0 Å². The second kappa shape index (κ2) is 11.1. The number of aromatic nitrogens is 2. The molecule has 2 heterocycles. The SMILES string of the molecule is CCC(=O)N(CC(=O)Nc1nc(-c2ccc(Cl)cc2)cn1-c1ccc(C)c(C)c1)CC1CCCO1. The monoisotopic (exact) mass is 494 g/mol. The summed E-state index contributed by atoms with van der Waals surface area (Å²) in [6.45, 7) is 6.97. The summed E-state index contributed by atoms with van der Waals surface area (Å²) in [6.07, 6.45) is 4.08. The molecular formula is C27H31ClN4O3. The molecule has 4 rings (SSSR count). The van der Waals surface area contributed by atoms with E-state index in [9.17, 15) is 9.59 Å². The van der Waals surface area contributed by atoms with Crippen molar-refractivity contribution in [1.29, 1.82) is 0 Å². The van der Waals surface area contributed by atoms with E-state index >= 15 is 0 Å². The van der Waals surface area contributed by atoms with Crippen LogP contribution in [0.15, 0.2) is 48.7 Å². The molecule has 7 nitrogen and oxygen atoms in total. The van der Waals surface area contributed by atoms with E-state index in [0.29, 0.717) is 36.2 Å². The number of amides is 2. The fourth-order valence-corrected chi connectivity index (χ4v) is 4.28. The van der Waals surface area contributed by atoms with Crippen molar-refractivity contribution in [3.8, 4) is 16.9 Å². The van der Waals surface area contributed by atoms with Crippen LogP contribution in [0.3, 0.4) is 0 Å². The number of aryl methyl sites for hydroxylation is 2. The van der Waals surface area contributed by atoms with Gasteiger partial charge in [-0.1, -0.05) is 36.7 Å². The Kier molecular flexibility index (Phi) is 7.88. The van der Waals surface area contributed by atoms with Crippen molar-refractivity contribution in [3.05, 3.63) is 64.8 Å². The van der Waals surface area contributed by atoms with Crippen LogP contribution in [0.25, 0.3) is 16.9 Å². The van der Waals surface area contributed by atoms with Gasteiger partial charge in [0, 0.05) is 42.0 Å². The number of anilines is 1. The smallest absolute Gasteiger partial charge is 0.246 e. The van der Waals surface area contributed by atoms with Gasteiger partial charge in [0.1, 0.15) is 6.54 Å². The summed E-state index contributed by atoms with van der Waals surface area (Å²) < 4.78 is 7.55. The minimum absolute atomic E-state index is 0.0210. The molecule has 1 unspecified atom stereocenters. The molecule has 0 bridgehead atoms. The molecule has 35 heavy (non-hydrogen) atoms. The standard InChI is InChI=1S/C27H31ClN4O3/c1-4-26(34)31(15-23-6-5-13-35-23)17-25(33)30-27-29-24(20-8-10-21(28)11-9-20)16-32(27)22-12-7-18(2)19(3)14-22/h7-12,14,16,23H,4-6,13,15,17H2,1-3H3,(H,29,30,33). The molecule has 2 aromatic carbocycles. The summed E-state index contributed by atoms with van der Waals surface area (Å²) in [5.41, 5.74) is 4.79. The number of hydrogen-bond acceptors (Lipinski definition) is 4. The van der Waals surface area contributed by atoms with Crippen LogP contribution in [-0.4, -0.2) is 52.1 Å². The van der Waals surface area contributed by atoms with Crippen molar-refractivity contribution in [1.82, 2.24) is 14.5 Å². The normalized spacial score (nSPS) is 15.3. The Bertz CT molecular complexity index is 1200. The average Bonchev–Trinajstić information content (AvgIpc) is 3.50. The van der Waals surface area contributed by atoms with Crippen LogP contribution >= 0.6 is 11.6 Å². The van der Waals surface area contributed by atoms with Crippen LogP contribution in [-0.2, 0) is 14.3 Å². The van der Waals surface area contributed by atoms with Crippen LogP contribution < -0.4 is 5.32 Å². The topological polar surface area (TPSA) is 76.5 Å². The molecule has 0 radical (unpaired) electrons. The second-order valence-corrected chi connectivity index (χ2v) is 9.34. The lowest BCUT2D eigenvalue weighted by Crippen LogP contribution is -2.42. The molecule has 2 amide bonds. The van der Waals surface area contributed by atoms with Crippen molar-refractivity contribution in [2.45, 2.75) is 46.1 Å². The van der Waals surface area contributed by atoms with E-state index in [2.05, 4.69) is 18.3 Å². The van der Waals surface area contributed by atoms with E-state index in [1.807, 2.05) is 54.1 Å². The number of nitrogens with zero attached hydrogens (tertiary/aromatic N) is 3. The third kappa shape index (κ3) is 6.10. The summed E-state index contributed by atoms with van der Waals surface area (Å²) in [5.74, 6) is 0.0161. The van der Waals surface area contributed by atoms with Crippen LogP contribution in [0.4, 0.5) is 5.95 Å². The molecule has 1 fully saturated rings. The summed E-state index contributed by atoms with van der Waals surface area (Å²) in [4.78, 5) is 31.9.